The zero-order chi connectivity index (χ0) is 23.6. The molecule has 0 bridgehead atoms. The van der Waals surface area contributed by atoms with E-state index < -0.39 is 12.0 Å². The van der Waals surface area contributed by atoms with Crippen molar-refractivity contribution in [1.82, 2.24) is 0 Å². The van der Waals surface area contributed by atoms with Crippen LogP contribution in [-0.2, 0) is 0 Å². The molecular weight excluding hydrogens is 431 g/mol. The molecule has 0 atom stereocenters. The van der Waals surface area contributed by atoms with E-state index in [4.69, 9.17) is 0 Å². The van der Waals surface area contributed by atoms with Gasteiger partial charge < -0.3 is 0 Å². The molecule has 2 saturated carbocycles. The normalized spacial score (nSPS) is 26.9. The zero-order valence-electron chi connectivity index (χ0n) is 19.0. The summed E-state index contributed by atoms with van der Waals surface area (Å²) >= 11 is 0. The van der Waals surface area contributed by atoms with Crippen molar-refractivity contribution in [2.75, 3.05) is 0 Å². The van der Waals surface area contributed by atoms with Gasteiger partial charge in [0.1, 0.15) is 5.82 Å². The topological polar surface area (TPSA) is 0 Å². The third-order valence-electron chi connectivity index (χ3n) is 7.60. The van der Waals surface area contributed by atoms with Crippen molar-refractivity contribution < 1.29 is 22.0 Å². The predicted octanol–water partition coefficient (Wildman–Crippen LogP) is 9.48. The second-order valence-electron chi connectivity index (χ2n) is 9.94. The molecule has 0 amide bonds. The van der Waals surface area contributed by atoms with Crippen LogP contribution in [-0.4, -0.2) is 6.18 Å². The van der Waals surface area contributed by atoms with Gasteiger partial charge >= 0.3 is 6.18 Å². The van der Waals surface area contributed by atoms with Gasteiger partial charge in [-0.3, -0.25) is 0 Å². The highest BCUT2D eigenvalue weighted by molar-refractivity contribution is 5.65. The molecule has 0 aliphatic heterocycles. The first-order valence-electron chi connectivity index (χ1n) is 12.0. The Morgan fingerprint density at radius 3 is 1.91 bits per heavy atom. The average Bonchev–Trinajstić information content (AvgIpc) is 2.79. The first-order chi connectivity index (χ1) is 15.7. The lowest BCUT2D eigenvalue weighted by atomic mass is 9.78. The largest absolute Gasteiger partial charge is 0.442 e. The molecule has 0 heterocycles. The van der Waals surface area contributed by atoms with E-state index in [9.17, 15) is 22.0 Å². The van der Waals surface area contributed by atoms with Crippen LogP contribution in [0.5, 0.6) is 0 Å². The molecule has 2 aliphatic rings. The number of alkyl halides is 3. The lowest BCUT2D eigenvalue weighted by Gasteiger charge is -2.27. The van der Waals surface area contributed by atoms with Crippen LogP contribution in [0.15, 0.2) is 54.4 Å². The molecule has 0 unspecified atom stereocenters. The van der Waals surface area contributed by atoms with Gasteiger partial charge in [-0.2, -0.15) is 13.2 Å². The quantitative estimate of drug-likeness (QED) is 0.397. The Morgan fingerprint density at radius 2 is 1.33 bits per heavy atom. The Bertz CT molecular complexity index is 957. The molecule has 0 aromatic heterocycles. The summed E-state index contributed by atoms with van der Waals surface area (Å²) in [6.07, 6.45) is 2.98. The van der Waals surface area contributed by atoms with Crippen LogP contribution >= 0.6 is 0 Å². The highest BCUT2D eigenvalue weighted by Gasteiger charge is 2.35. The highest BCUT2D eigenvalue weighted by atomic mass is 19.4. The van der Waals surface area contributed by atoms with Gasteiger partial charge in [-0.15, -0.1) is 0 Å². The second-order valence-corrected chi connectivity index (χ2v) is 9.94. The van der Waals surface area contributed by atoms with Crippen molar-refractivity contribution in [3.8, 4) is 11.1 Å². The van der Waals surface area contributed by atoms with E-state index in [0.29, 0.717) is 37.2 Å². The van der Waals surface area contributed by atoms with E-state index >= 15 is 0 Å². The van der Waals surface area contributed by atoms with Crippen molar-refractivity contribution in [1.29, 1.82) is 0 Å². The summed E-state index contributed by atoms with van der Waals surface area (Å²) in [7, 11) is 0. The Balaban J connectivity index is 1.39. The van der Waals surface area contributed by atoms with Gasteiger partial charge in [-0.05, 0) is 91.0 Å². The maximum Gasteiger partial charge on any atom is 0.442 e. The molecule has 4 rings (SSSR count). The van der Waals surface area contributed by atoms with Gasteiger partial charge in [0.2, 0.25) is 0 Å². The zero-order valence-corrected chi connectivity index (χ0v) is 19.0. The molecule has 0 radical (unpaired) electrons. The van der Waals surface area contributed by atoms with Crippen molar-refractivity contribution in [2.24, 2.45) is 11.8 Å². The molecule has 0 spiro atoms. The molecule has 0 nitrogen and oxygen atoms in total. The maximum absolute atomic E-state index is 14.9. The molecular formula is C28H31F5. The summed E-state index contributed by atoms with van der Waals surface area (Å²) in [5.74, 6) is -1.11. The van der Waals surface area contributed by atoms with Gasteiger partial charge in [-0.25, -0.2) is 8.78 Å². The van der Waals surface area contributed by atoms with Crippen LogP contribution in [0.2, 0.25) is 0 Å². The average molecular weight is 463 g/mol. The monoisotopic (exact) mass is 462 g/mol. The van der Waals surface area contributed by atoms with Gasteiger partial charge in [-0.1, -0.05) is 56.2 Å². The second kappa shape index (κ2) is 9.99. The number of halogens is 5. The lowest BCUT2D eigenvalue weighted by molar-refractivity contribution is -0.109. The smallest absolute Gasteiger partial charge is 0.206 e. The molecule has 2 aliphatic carbocycles. The standard InChI is InChI=1S/C28H31F5/c1-18-2-6-22(7-3-18)24-14-15-25(26(29)17-24)23-12-10-21(11-13-23)20-8-4-19(5-9-20)16-27(30)28(31,32)33/h10-20,22H,2-9H2,1H3. The Labute approximate surface area is 192 Å². The van der Waals surface area contributed by atoms with E-state index in [-0.39, 0.29) is 17.7 Å². The van der Waals surface area contributed by atoms with Crippen LogP contribution in [0.1, 0.15) is 81.3 Å². The summed E-state index contributed by atoms with van der Waals surface area (Å²) in [4.78, 5) is 0. The summed E-state index contributed by atoms with van der Waals surface area (Å²) in [6.45, 7) is 2.28. The van der Waals surface area contributed by atoms with Crippen molar-refractivity contribution in [3.63, 3.8) is 0 Å². The first kappa shape index (κ1) is 24.0. The third kappa shape index (κ3) is 5.85. The number of allylic oxidation sites excluding steroid dienone is 2. The first-order valence-corrected chi connectivity index (χ1v) is 12.0. The van der Waals surface area contributed by atoms with Gasteiger partial charge in [0, 0.05) is 5.56 Å². The van der Waals surface area contributed by atoms with Crippen LogP contribution in [0.3, 0.4) is 0 Å². The number of hydrogen-bond donors (Lipinski definition) is 0. The van der Waals surface area contributed by atoms with Crippen molar-refractivity contribution >= 4 is 0 Å². The summed E-state index contributed by atoms with van der Waals surface area (Å²) < 4.78 is 65.4. The number of hydrogen-bond acceptors (Lipinski definition) is 0. The predicted molar refractivity (Wildman–Crippen MR) is 122 cm³/mol. The SMILES string of the molecule is CC1CCC(c2ccc(-c3ccc(C4CCC(C=C(F)C(F)(F)F)CC4)cc3)c(F)c2)CC1. The fraction of sp³-hybridized carbons (Fsp3) is 0.500. The van der Waals surface area contributed by atoms with Crippen LogP contribution in [0, 0.1) is 17.7 Å². The van der Waals surface area contributed by atoms with E-state index in [1.54, 1.807) is 6.07 Å². The maximum atomic E-state index is 14.9. The minimum Gasteiger partial charge on any atom is -0.206 e. The van der Waals surface area contributed by atoms with E-state index in [1.807, 2.05) is 30.3 Å². The van der Waals surface area contributed by atoms with Gasteiger partial charge in [0.25, 0.3) is 0 Å². The fourth-order valence-corrected chi connectivity index (χ4v) is 5.47. The lowest BCUT2D eigenvalue weighted by Crippen LogP contribution is -2.15. The summed E-state index contributed by atoms with van der Waals surface area (Å²) in [5, 5.41) is 0. The molecule has 2 aromatic carbocycles. The third-order valence-corrected chi connectivity index (χ3v) is 7.60. The molecule has 2 fully saturated rings. The summed E-state index contributed by atoms with van der Waals surface area (Å²) in [5.41, 5.74) is 3.60. The van der Waals surface area contributed by atoms with Crippen molar-refractivity contribution in [3.05, 3.63) is 71.3 Å². The number of benzene rings is 2. The van der Waals surface area contributed by atoms with Crippen LogP contribution < -0.4 is 0 Å². The molecule has 178 valence electrons. The Hall–Kier alpha value is -2.17. The minimum absolute atomic E-state index is 0.196. The summed E-state index contributed by atoms with van der Waals surface area (Å²) in [6, 6.07) is 13.5. The van der Waals surface area contributed by atoms with E-state index in [2.05, 4.69) is 13.0 Å². The molecule has 2 aromatic rings. The van der Waals surface area contributed by atoms with Crippen molar-refractivity contribution in [2.45, 2.75) is 76.3 Å². The molecule has 33 heavy (non-hydrogen) atoms. The minimum atomic E-state index is -4.89. The van der Waals surface area contributed by atoms with E-state index in [0.717, 1.165) is 41.5 Å². The molecule has 0 N–H and O–H groups in total. The van der Waals surface area contributed by atoms with Crippen LogP contribution in [0.4, 0.5) is 22.0 Å². The number of rotatable bonds is 4. The van der Waals surface area contributed by atoms with Crippen LogP contribution in [0.25, 0.3) is 11.1 Å². The van der Waals surface area contributed by atoms with Gasteiger partial charge in [0.05, 0.1) is 0 Å². The highest BCUT2D eigenvalue weighted by Crippen LogP contribution is 2.40. The van der Waals surface area contributed by atoms with E-state index in [1.165, 1.54) is 12.8 Å². The van der Waals surface area contributed by atoms with Gasteiger partial charge in [0.15, 0.2) is 5.83 Å². The molecule has 0 saturated heterocycles. The Morgan fingerprint density at radius 1 is 0.788 bits per heavy atom. The molecule has 5 heteroatoms. The Kier molecular flexibility index (Phi) is 7.25. The fourth-order valence-electron chi connectivity index (χ4n) is 5.47.